The fraction of sp³-hybridized carbons (Fsp3) is 0.333. The molecule has 0 spiro atoms. The van der Waals surface area contributed by atoms with Gasteiger partial charge in [-0.05, 0) is 42.2 Å². The van der Waals surface area contributed by atoms with Gasteiger partial charge in [-0.1, -0.05) is 36.4 Å². The first-order chi connectivity index (χ1) is 10.1. The van der Waals surface area contributed by atoms with Gasteiger partial charge in [0.1, 0.15) is 5.82 Å². The van der Waals surface area contributed by atoms with Gasteiger partial charge in [0, 0.05) is 5.92 Å². The van der Waals surface area contributed by atoms with Crippen LogP contribution in [0.4, 0.5) is 4.39 Å². The highest BCUT2D eigenvalue weighted by atomic mass is 19.1. The third kappa shape index (κ3) is 3.14. The molecule has 0 unspecified atom stereocenters. The second-order valence-corrected chi connectivity index (χ2v) is 5.52. The Hall–Kier alpha value is -1.71. The van der Waals surface area contributed by atoms with Crippen molar-refractivity contribution in [3.8, 4) is 11.1 Å². The van der Waals surface area contributed by atoms with E-state index in [0.717, 1.165) is 11.1 Å². The number of hydrogen-bond donors (Lipinski definition) is 0. The van der Waals surface area contributed by atoms with Crippen LogP contribution in [-0.2, 0) is 9.47 Å². The van der Waals surface area contributed by atoms with Crippen molar-refractivity contribution in [1.29, 1.82) is 0 Å². The van der Waals surface area contributed by atoms with Crippen molar-refractivity contribution in [2.75, 3.05) is 13.2 Å². The summed E-state index contributed by atoms with van der Waals surface area (Å²) in [5.41, 5.74) is 3.78. The third-order valence-corrected chi connectivity index (χ3v) is 3.95. The lowest BCUT2D eigenvalue weighted by atomic mass is 9.96. The van der Waals surface area contributed by atoms with Gasteiger partial charge < -0.3 is 9.47 Å². The van der Waals surface area contributed by atoms with Crippen LogP contribution in [0.5, 0.6) is 0 Å². The fourth-order valence-electron chi connectivity index (χ4n) is 2.51. The van der Waals surface area contributed by atoms with Crippen molar-refractivity contribution in [1.82, 2.24) is 0 Å². The van der Waals surface area contributed by atoms with Crippen molar-refractivity contribution >= 4 is 0 Å². The van der Waals surface area contributed by atoms with Gasteiger partial charge in [0.05, 0.1) is 13.2 Å². The second kappa shape index (κ2) is 5.96. The maximum atomic E-state index is 13.6. The van der Waals surface area contributed by atoms with Crippen LogP contribution in [0.15, 0.2) is 42.5 Å². The van der Waals surface area contributed by atoms with E-state index >= 15 is 0 Å². The van der Waals surface area contributed by atoms with Crippen LogP contribution in [0.3, 0.4) is 0 Å². The molecule has 3 heteroatoms. The molecule has 0 atom stereocenters. The van der Waals surface area contributed by atoms with Gasteiger partial charge in [-0.3, -0.25) is 0 Å². The Bertz CT molecular complexity index is 614. The van der Waals surface area contributed by atoms with E-state index in [1.807, 2.05) is 31.2 Å². The van der Waals surface area contributed by atoms with Gasteiger partial charge in [-0.25, -0.2) is 4.39 Å². The van der Waals surface area contributed by atoms with Crippen LogP contribution in [0, 0.1) is 12.7 Å². The predicted molar refractivity (Wildman–Crippen MR) is 80.7 cm³/mol. The molecule has 1 heterocycles. The van der Waals surface area contributed by atoms with Gasteiger partial charge in [-0.2, -0.15) is 0 Å². The molecule has 0 N–H and O–H groups in total. The summed E-state index contributed by atoms with van der Waals surface area (Å²) in [6.45, 7) is 5.04. The Morgan fingerprint density at radius 3 is 2.19 bits per heavy atom. The molecule has 0 bridgehead atoms. The molecule has 0 radical (unpaired) electrons. The highest BCUT2D eigenvalue weighted by Gasteiger charge is 2.20. The molecule has 0 aromatic heterocycles. The Balaban J connectivity index is 1.79. The van der Waals surface area contributed by atoms with Crippen LogP contribution in [0.1, 0.15) is 24.0 Å². The van der Waals surface area contributed by atoms with E-state index in [9.17, 15) is 4.39 Å². The third-order valence-electron chi connectivity index (χ3n) is 3.95. The van der Waals surface area contributed by atoms with E-state index in [1.54, 1.807) is 13.0 Å². The van der Waals surface area contributed by atoms with E-state index in [4.69, 9.17) is 9.47 Å². The van der Waals surface area contributed by atoms with Crippen LogP contribution in [0.2, 0.25) is 0 Å². The summed E-state index contributed by atoms with van der Waals surface area (Å²) in [6.07, 6.45) is -0.115. The number of halogens is 1. The molecule has 1 saturated heterocycles. The summed E-state index contributed by atoms with van der Waals surface area (Å²) in [7, 11) is 0. The average Bonchev–Trinajstić information content (AvgIpc) is 2.51. The molecule has 2 aromatic carbocycles. The van der Waals surface area contributed by atoms with Gasteiger partial charge in [-0.15, -0.1) is 0 Å². The lowest BCUT2D eigenvalue weighted by Gasteiger charge is -2.27. The number of aryl methyl sites for hydroxylation is 1. The highest BCUT2D eigenvalue weighted by Crippen LogP contribution is 2.26. The van der Waals surface area contributed by atoms with E-state index in [1.165, 1.54) is 5.56 Å². The number of rotatable bonds is 2. The minimum Gasteiger partial charge on any atom is -0.352 e. The van der Waals surface area contributed by atoms with Crippen molar-refractivity contribution < 1.29 is 13.9 Å². The zero-order valence-corrected chi connectivity index (χ0v) is 12.3. The summed E-state index contributed by atoms with van der Waals surface area (Å²) in [6, 6.07) is 13.5. The molecule has 1 aliphatic heterocycles. The molecule has 0 aliphatic carbocycles. The zero-order chi connectivity index (χ0) is 14.8. The summed E-state index contributed by atoms with van der Waals surface area (Å²) >= 11 is 0. The van der Waals surface area contributed by atoms with Crippen LogP contribution < -0.4 is 0 Å². The minimum atomic E-state index is -0.167. The highest BCUT2D eigenvalue weighted by molar-refractivity contribution is 5.64. The van der Waals surface area contributed by atoms with E-state index in [2.05, 4.69) is 12.1 Å². The monoisotopic (exact) mass is 286 g/mol. The molecule has 3 rings (SSSR count). The minimum absolute atomic E-state index is 0.115. The maximum Gasteiger partial charge on any atom is 0.154 e. The SMILES string of the molecule is Cc1ccc(-c2ccc(C3COC(C)OC3)cc2)cc1F. The molecule has 0 amide bonds. The molecular weight excluding hydrogens is 267 g/mol. The summed E-state index contributed by atoms with van der Waals surface area (Å²) in [5, 5.41) is 0. The van der Waals surface area contributed by atoms with Gasteiger partial charge in [0.15, 0.2) is 6.29 Å². The number of hydrogen-bond acceptors (Lipinski definition) is 2. The predicted octanol–water partition coefficient (Wildman–Crippen LogP) is 4.28. The zero-order valence-electron chi connectivity index (χ0n) is 12.3. The first-order valence-electron chi connectivity index (χ1n) is 7.23. The smallest absolute Gasteiger partial charge is 0.154 e. The molecule has 0 saturated carbocycles. The van der Waals surface area contributed by atoms with E-state index < -0.39 is 0 Å². The number of ether oxygens (including phenoxy) is 2. The van der Waals surface area contributed by atoms with Gasteiger partial charge in [0.2, 0.25) is 0 Å². The van der Waals surface area contributed by atoms with Crippen molar-refractivity contribution in [3.05, 3.63) is 59.4 Å². The van der Waals surface area contributed by atoms with Gasteiger partial charge in [0.25, 0.3) is 0 Å². The van der Waals surface area contributed by atoms with Gasteiger partial charge >= 0.3 is 0 Å². The topological polar surface area (TPSA) is 18.5 Å². The molecule has 2 aromatic rings. The van der Waals surface area contributed by atoms with Crippen molar-refractivity contribution in [2.24, 2.45) is 0 Å². The maximum absolute atomic E-state index is 13.6. The lowest BCUT2D eigenvalue weighted by Crippen LogP contribution is -2.28. The second-order valence-electron chi connectivity index (χ2n) is 5.52. The van der Waals surface area contributed by atoms with Crippen molar-refractivity contribution in [3.63, 3.8) is 0 Å². The van der Waals surface area contributed by atoms with Crippen LogP contribution >= 0.6 is 0 Å². The summed E-state index contributed by atoms with van der Waals surface area (Å²) < 4.78 is 24.7. The average molecular weight is 286 g/mol. The molecular formula is C18H19FO2. The molecule has 2 nitrogen and oxygen atoms in total. The first kappa shape index (κ1) is 14.2. The summed E-state index contributed by atoms with van der Waals surface area (Å²) in [4.78, 5) is 0. The van der Waals surface area contributed by atoms with E-state index in [-0.39, 0.29) is 18.0 Å². The standard InChI is InChI=1S/C18H19FO2/c1-12-3-4-16(9-18(12)19)14-5-7-15(8-6-14)17-10-20-13(2)21-11-17/h3-9,13,17H,10-11H2,1-2H3. The van der Waals surface area contributed by atoms with E-state index in [0.29, 0.717) is 18.8 Å². The normalized spacial score (nSPS) is 22.2. The Morgan fingerprint density at radius 2 is 1.57 bits per heavy atom. The number of benzene rings is 2. The molecule has 110 valence electrons. The fourth-order valence-corrected chi connectivity index (χ4v) is 2.51. The molecule has 21 heavy (non-hydrogen) atoms. The Morgan fingerprint density at radius 1 is 0.952 bits per heavy atom. The Kier molecular flexibility index (Phi) is 4.04. The largest absolute Gasteiger partial charge is 0.352 e. The molecule has 1 fully saturated rings. The van der Waals surface area contributed by atoms with Crippen LogP contribution in [-0.4, -0.2) is 19.5 Å². The quantitative estimate of drug-likeness (QED) is 0.820. The lowest BCUT2D eigenvalue weighted by molar-refractivity contribution is -0.176. The van der Waals surface area contributed by atoms with Crippen molar-refractivity contribution in [2.45, 2.75) is 26.1 Å². The molecule has 1 aliphatic rings. The Labute approximate surface area is 124 Å². The van der Waals surface area contributed by atoms with Crippen LogP contribution in [0.25, 0.3) is 11.1 Å². The summed E-state index contributed by atoms with van der Waals surface area (Å²) in [5.74, 6) is 0.102. The first-order valence-corrected chi connectivity index (χ1v) is 7.23.